The highest BCUT2D eigenvalue weighted by molar-refractivity contribution is 6.23. The zero-order valence-electron chi connectivity index (χ0n) is 41.7. The zero-order valence-corrected chi connectivity index (χ0v) is 41.7. The third-order valence-corrected chi connectivity index (χ3v) is 15.1. The Morgan fingerprint density at radius 2 is 0.571 bits per heavy atom. The fourth-order valence-corrected chi connectivity index (χ4v) is 11.5. The molecule has 0 atom stereocenters. The van der Waals surface area contributed by atoms with Crippen LogP contribution in [0.3, 0.4) is 0 Å². The number of fused-ring (bicyclic) bond motifs is 9. The second-order valence-corrected chi connectivity index (χ2v) is 19.5. The van der Waals surface area contributed by atoms with Crippen molar-refractivity contribution in [3.8, 4) is 44.5 Å². The smallest absolute Gasteiger partial charge is 0.159 e. The van der Waals surface area contributed by atoms with E-state index in [0.717, 1.165) is 144 Å². The lowest BCUT2D eigenvalue weighted by Gasteiger charge is -2.32. The topological polar surface area (TPSA) is 45.9 Å². The van der Waals surface area contributed by atoms with Gasteiger partial charge in [-0.25, -0.2) is 0 Å². The maximum absolute atomic E-state index is 7.00. The van der Waals surface area contributed by atoms with E-state index in [-0.39, 0.29) is 0 Å². The first kappa shape index (κ1) is 44.2. The van der Waals surface area contributed by atoms with Crippen LogP contribution in [0.4, 0.5) is 34.1 Å². The molecule has 0 N–H and O–H groups in total. The molecule has 5 heteroatoms. The maximum atomic E-state index is 7.00. The number of hydrogen-bond acceptors (Lipinski definition) is 5. The summed E-state index contributed by atoms with van der Waals surface area (Å²) in [7, 11) is 0. The normalized spacial score (nSPS) is 11.6. The Kier molecular flexibility index (Phi) is 10.5. The Morgan fingerprint density at radius 3 is 1.03 bits per heavy atom. The van der Waals surface area contributed by atoms with Gasteiger partial charge in [0.1, 0.15) is 27.9 Å². The van der Waals surface area contributed by atoms with E-state index in [0.29, 0.717) is 0 Å². The van der Waals surface area contributed by atoms with Crippen molar-refractivity contribution in [2.24, 2.45) is 0 Å². The Labute approximate surface area is 444 Å². The Balaban J connectivity index is 1.06. The third kappa shape index (κ3) is 7.47. The summed E-state index contributed by atoms with van der Waals surface area (Å²) in [6.45, 7) is 0. The zero-order chi connectivity index (χ0) is 50.8. The first-order chi connectivity index (χ1) is 38.2. The molecule has 0 saturated heterocycles. The minimum Gasteiger partial charge on any atom is -0.456 e. The van der Waals surface area contributed by atoms with E-state index in [2.05, 4.69) is 271 Å². The van der Waals surface area contributed by atoms with Crippen molar-refractivity contribution in [1.82, 2.24) is 0 Å². The van der Waals surface area contributed by atoms with Gasteiger partial charge in [-0.3, -0.25) is 0 Å². The predicted molar refractivity (Wildman–Crippen MR) is 319 cm³/mol. The van der Waals surface area contributed by atoms with E-state index >= 15 is 0 Å². The maximum Gasteiger partial charge on any atom is 0.159 e. The lowest BCUT2D eigenvalue weighted by molar-refractivity contribution is 0.668. The first-order valence-electron chi connectivity index (χ1n) is 26.1. The molecule has 0 bridgehead atoms. The molecule has 362 valence electrons. The van der Waals surface area contributed by atoms with E-state index in [9.17, 15) is 0 Å². The summed E-state index contributed by atoms with van der Waals surface area (Å²) in [5, 5.41) is 6.09. The van der Waals surface area contributed by atoms with E-state index in [1.165, 1.54) is 0 Å². The molecule has 15 aromatic rings. The Bertz CT molecular complexity index is 4570. The third-order valence-electron chi connectivity index (χ3n) is 15.1. The van der Waals surface area contributed by atoms with E-state index in [1.54, 1.807) is 0 Å². The minimum absolute atomic E-state index is 0.772. The Morgan fingerprint density at radius 1 is 0.221 bits per heavy atom. The molecule has 0 aliphatic carbocycles. The number of rotatable bonds is 10. The highest BCUT2D eigenvalue weighted by Gasteiger charge is 2.31. The molecule has 77 heavy (non-hydrogen) atoms. The number of benzene rings is 12. The molecule has 15 rings (SSSR count). The van der Waals surface area contributed by atoms with Crippen LogP contribution in [0.1, 0.15) is 0 Å². The van der Waals surface area contributed by atoms with E-state index in [1.807, 2.05) is 18.2 Å². The van der Waals surface area contributed by atoms with Gasteiger partial charge in [0.2, 0.25) is 0 Å². The molecule has 5 nitrogen and oxygen atoms in total. The fourth-order valence-electron chi connectivity index (χ4n) is 11.5. The van der Waals surface area contributed by atoms with Gasteiger partial charge in [-0.1, -0.05) is 194 Å². The molecule has 0 aliphatic heterocycles. The second kappa shape index (κ2) is 18.2. The van der Waals surface area contributed by atoms with E-state index in [4.69, 9.17) is 13.3 Å². The summed E-state index contributed by atoms with van der Waals surface area (Å²) < 4.78 is 20.7. The van der Waals surface area contributed by atoms with Gasteiger partial charge in [-0.2, -0.15) is 0 Å². The molecule has 0 radical (unpaired) electrons. The van der Waals surface area contributed by atoms with Crippen LogP contribution in [-0.2, 0) is 0 Å². The minimum atomic E-state index is 0.772. The molecule has 0 fully saturated rings. The van der Waals surface area contributed by atoms with Gasteiger partial charge in [-0.05, 0) is 118 Å². The van der Waals surface area contributed by atoms with Crippen molar-refractivity contribution < 1.29 is 13.3 Å². The van der Waals surface area contributed by atoms with Gasteiger partial charge >= 0.3 is 0 Å². The Hall–Kier alpha value is -10.4. The van der Waals surface area contributed by atoms with Crippen LogP contribution in [0, 0.1) is 0 Å². The highest BCUT2D eigenvalue weighted by atomic mass is 16.3. The number of anilines is 6. The van der Waals surface area contributed by atoms with Crippen LogP contribution in [0.2, 0.25) is 0 Å². The standard InChI is InChI=1S/C72H46N2O3/c1-4-17-47(18-5-1)50-31-37-53(38-32-50)73(54-39-33-51(34-40-54)48-19-6-2-7-20-48)70-57(43-45-66-68(70)60-24-11-14-29-64(60)75-66)58-44-46-67-69(61-25-12-15-30-65(61)76-67)71(58)74(55-41-35-52(36-42-55)49-21-8-3-9-22-49)62-27-16-26-59-56-23-10-13-28-63(56)77-72(59)62/h1-46H. The van der Waals surface area contributed by atoms with Crippen molar-refractivity contribution in [3.63, 3.8) is 0 Å². The lowest BCUT2D eigenvalue weighted by atomic mass is 9.93. The van der Waals surface area contributed by atoms with Crippen molar-refractivity contribution >= 4 is 99.9 Å². The van der Waals surface area contributed by atoms with Crippen LogP contribution in [0.25, 0.3) is 110 Å². The summed E-state index contributed by atoms with van der Waals surface area (Å²) in [4.78, 5) is 4.82. The molecule has 0 spiro atoms. The molecule has 0 unspecified atom stereocenters. The van der Waals surface area contributed by atoms with Gasteiger partial charge in [0, 0.05) is 49.7 Å². The summed E-state index contributed by atoms with van der Waals surface area (Å²) in [5.74, 6) is 0. The van der Waals surface area contributed by atoms with Crippen LogP contribution in [0.5, 0.6) is 0 Å². The monoisotopic (exact) mass is 986 g/mol. The van der Waals surface area contributed by atoms with Crippen molar-refractivity contribution in [3.05, 3.63) is 279 Å². The SMILES string of the molecule is c1ccc(-c2ccc(N(c3ccc(-c4ccccc4)cc3)c3c(-c4ccc5oc6ccccc6c5c4N(c4ccc(-c5ccccc5)cc4)c4cccc5c4oc4ccccc45)ccc4oc5ccccc5c34)cc2)cc1. The molecule has 0 saturated carbocycles. The average molecular weight is 987 g/mol. The second-order valence-electron chi connectivity index (χ2n) is 19.5. The molecular formula is C72H46N2O3. The van der Waals surface area contributed by atoms with Crippen molar-refractivity contribution in [2.75, 3.05) is 9.80 Å². The lowest BCUT2D eigenvalue weighted by Crippen LogP contribution is -2.14. The summed E-state index contributed by atoms with van der Waals surface area (Å²) in [5.41, 5.74) is 19.4. The van der Waals surface area contributed by atoms with Gasteiger partial charge in [0.05, 0.1) is 27.8 Å². The summed E-state index contributed by atoms with van der Waals surface area (Å²) >= 11 is 0. The summed E-state index contributed by atoms with van der Waals surface area (Å²) in [6.07, 6.45) is 0. The highest BCUT2D eigenvalue weighted by Crippen LogP contribution is 2.55. The summed E-state index contributed by atoms with van der Waals surface area (Å²) in [6, 6.07) is 98.8. The molecule has 12 aromatic carbocycles. The quantitative estimate of drug-likeness (QED) is 0.137. The van der Waals surface area contributed by atoms with Crippen molar-refractivity contribution in [2.45, 2.75) is 0 Å². The number of hydrogen-bond donors (Lipinski definition) is 0. The van der Waals surface area contributed by atoms with Crippen LogP contribution in [-0.4, -0.2) is 0 Å². The molecular weight excluding hydrogens is 941 g/mol. The molecule has 0 aliphatic rings. The number of nitrogens with zero attached hydrogens (tertiary/aromatic N) is 2. The van der Waals surface area contributed by atoms with E-state index < -0.39 is 0 Å². The largest absolute Gasteiger partial charge is 0.456 e. The van der Waals surface area contributed by atoms with Gasteiger partial charge in [0.15, 0.2) is 5.58 Å². The van der Waals surface area contributed by atoms with Gasteiger partial charge < -0.3 is 23.1 Å². The van der Waals surface area contributed by atoms with Crippen molar-refractivity contribution in [1.29, 1.82) is 0 Å². The van der Waals surface area contributed by atoms with Gasteiger partial charge in [-0.15, -0.1) is 0 Å². The molecule has 3 heterocycles. The van der Waals surface area contributed by atoms with Crippen LogP contribution < -0.4 is 9.80 Å². The molecule has 3 aromatic heterocycles. The average Bonchev–Trinajstić information content (AvgIpc) is 4.35. The number of furan rings is 3. The van der Waals surface area contributed by atoms with Crippen LogP contribution in [0.15, 0.2) is 292 Å². The van der Waals surface area contributed by atoms with Crippen LogP contribution >= 0.6 is 0 Å². The predicted octanol–water partition coefficient (Wildman–Crippen LogP) is 21.0. The fraction of sp³-hybridized carbons (Fsp3) is 0. The first-order valence-corrected chi connectivity index (χ1v) is 26.1. The molecule has 0 amide bonds. The number of para-hydroxylation sites is 4. The van der Waals surface area contributed by atoms with Gasteiger partial charge in [0.25, 0.3) is 0 Å².